The van der Waals surface area contributed by atoms with E-state index in [1.54, 1.807) is 6.20 Å². The fourth-order valence-electron chi connectivity index (χ4n) is 3.43. The summed E-state index contributed by atoms with van der Waals surface area (Å²) in [7, 11) is 0. The van der Waals surface area contributed by atoms with Crippen LogP contribution in [0.5, 0.6) is 0 Å². The van der Waals surface area contributed by atoms with Gasteiger partial charge >= 0.3 is 0 Å². The van der Waals surface area contributed by atoms with Crippen molar-refractivity contribution in [3.8, 4) is 0 Å². The Morgan fingerprint density at radius 3 is 2.73 bits per heavy atom. The maximum Gasteiger partial charge on any atom is 0.159 e. The van der Waals surface area contributed by atoms with Crippen LogP contribution >= 0.6 is 0 Å². The normalized spacial score (nSPS) is 11.6. The van der Waals surface area contributed by atoms with Gasteiger partial charge in [0.05, 0.1) is 11.2 Å². The summed E-state index contributed by atoms with van der Waals surface area (Å²) in [5.74, 6) is 0. The zero-order valence-corrected chi connectivity index (χ0v) is 14.4. The third kappa shape index (κ3) is 2.40. The minimum absolute atomic E-state index is 0.800. The van der Waals surface area contributed by atoms with E-state index in [4.69, 9.17) is 4.98 Å². The summed E-state index contributed by atoms with van der Waals surface area (Å²) in [5.41, 5.74) is 6.05. The Balaban J connectivity index is 1.50. The first-order chi connectivity index (χ1) is 12.8. The molecule has 0 radical (unpaired) electrons. The van der Waals surface area contributed by atoms with E-state index in [0.29, 0.717) is 0 Å². The van der Waals surface area contributed by atoms with E-state index < -0.39 is 0 Å². The largest absolute Gasteiger partial charge is 0.303 e. The van der Waals surface area contributed by atoms with Crippen LogP contribution < -0.4 is 0 Å². The number of rotatable bonds is 3. The molecule has 5 heteroatoms. The summed E-state index contributed by atoms with van der Waals surface area (Å²) in [6.45, 7) is 2.12. The van der Waals surface area contributed by atoms with E-state index in [0.717, 1.165) is 51.8 Å². The molecule has 0 saturated carbocycles. The van der Waals surface area contributed by atoms with Gasteiger partial charge in [0.1, 0.15) is 5.65 Å². The van der Waals surface area contributed by atoms with Crippen molar-refractivity contribution in [2.45, 2.75) is 19.8 Å². The lowest BCUT2D eigenvalue weighted by Gasteiger charge is -2.02. The highest BCUT2D eigenvalue weighted by molar-refractivity contribution is 5.91. The molecule has 0 unspecified atom stereocenters. The summed E-state index contributed by atoms with van der Waals surface area (Å²) in [4.78, 5) is 18.3. The molecule has 126 valence electrons. The van der Waals surface area contributed by atoms with Crippen molar-refractivity contribution in [2.24, 2.45) is 0 Å². The van der Waals surface area contributed by atoms with Crippen molar-refractivity contribution < 1.29 is 0 Å². The van der Waals surface area contributed by atoms with E-state index in [-0.39, 0.29) is 0 Å². The molecular formula is C21H17N5. The molecule has 0 atom stereocenters. The van der Waals surface area contributed by atoms with E-state index in [1.807, 2.05) is 30.5 Å². The number of hydrogen-bond acceptors (Lipinski definition) is 4. The first-order valence-corrected chi connectivity index (χ1v) is 8.71. The van der Waals surface area contributed by atoms with Gasteiger partial charge in [0.25, 0.3) is 0 Å². The van der Waals surface area contributed by atoms with Gasteiger partial charge in [-0.05, 0) is 62.2 Å². The Labute approximate surface area is 150 Å². The quantitative estimate of drug-likeness (QED) is 0.500. The molecule has 5 heterocycles. The van der Waals surface area contributed by atoms with Gasteiger partial charge < -0.3 is 4.40 Å². The highest BCUT2D eigenvalue weighted by Crippen LogP contribution is 2.21. The lowest BCUT2D eigenvalue weighted by molar-refractivity contribution is 0.882. The highest BCUT2D eigenvalue weighted by atomic mass is 15.0. The molecule has 0 amide bonds. The zero-order valence-electron chi connectivity index (χ0n) is 14.4. The van der Waals surface area contributed by atoms with Crippen LogP contribution in [0.15, 0.2) is 61.1 Å². The van der Waals surface area contributed by atoms with Crippen molar-refractivity contribution in [1.82, 2.24) is 24.3 Å². The fraction of sp³-hybridized carbons (Fsp3) is 0.143. The molecule has 0 aliphatic carbocycles. The molecule has 0 N–H and O–H groups in total. The third-order valence-corrected chi connectivity index (χ3v) is 4.85. The molecule has 5 rings (SSSR count). The van der Waals surface area contributed by atoms with Crippen molar-refractivity contribution in [1.29, 1.82) is 0 Å². The predicted molar refractivity (Wildman–Crippen MR) is 102 cm³/mol. The second-order valence-electron chi connectivity index (χ2n) is 6.44. The minimum Gasteiger partial charge on any atom is -0.303 e. The maximum absolute atomic E-state index is 4.90. The summed E-state index contributed by atoms with van der Waals surface area (Å²) in [6, 6.07) is 14.2. The monoisotopic (exact) mass is 339 g/mol. The lowest BCUT2D eigenvalue weighted by Crippen LogP contribution is -1.98. The number of aromatic nitrogens is 5. The molecule has 0 fully saturated rings. The Morgan fingerprint density at radius 2 is 1.77 bits per heavy atom. The second kappa shape index (κ2) is 5.88. The SMILES string of the molecule is Cc1c(CCc2ccc3cccnc3n2)nc2c3cccnc3ccn12. The van der Waals surface area contributed by atoms with Gasteiger partial charge in [-0.1, -0.05) is 0 Å². The standard InChI is InChI=1S/C21H17N5/c1-14-18(9-8-16-7-6-15-4-2-12-23-20(15)24-16)25-21-17-5-3-11-22-19(17)10-13-26(14)21/h2-7,10-13H,8-9H2,1H3. The van der Waals surface area contributed by atoms with Gasteiger partial charge in [-0.2, -0.15) is 0 Å². The summed E-state index contributed by atoms with van der Waals surface area (Å²) >= 11 is 0. The van der Waals surface area contributed by atoms with Crippen LogP contribution in [-0.2, 0) is 12.8 Å². The van der Waals surface area contributed by atoms with E-state index in [1.165, 1.54) is 5.69 Å². The van der Waals surface area contributed by atoms with E-state index in [9.17, 15) is 0 Å². The van der Waals surface area contributed by atoms with Gasteiger partial charge in [0, 0.05) is 40.8 Å². The molecule has 5 aromatic rings. The Bertz CT molecular complexity index is 1260. The van der Waals surface area contributed by atoms with Gasteiger partial charge in [-0.3, -0.25) is 4.98 Å². The lowest BCUT2D eigenvalue weighted by atomic mass is 10.1. The maximum atomic E-state index is 4.90. The summed E-state index contributed by atoms with van der Waals surface area (Å²) in [5, 5.41) is 2.15. The number of aryl methyl sites for hydroxylation is 3. The topological polar surface area (TPSA) is 56.0 Å². The van der Waals surface area contributed by atoms with Gasteiger partial charge in [-0.25, -0.2) is 15.0 Å². The van der Waals surface area contributed by atoms with Crippen molar-refractivity contribution in [3.63, 3.8) is 0 Å². The smallest absolute Gasteiger partial charge is 0.159 e. The predicted octanol–water partition coefficient (Wildman–Crippen LogP) is 3.92. The average Bonchev–Trinajstić information content (AvgIpc) is 3.02. The van der Waals surface area contributed by atoms with Gasteiger partial charge in [0.15, 0.2) is 5.65 Å². The average molecular weight is 339 g/mol. The van der Waals surface area contributed by atoms with Gasteiger partial charge in [-0.15, -0.1) is 0 Å². The first kappa shape index (κ1) is 15.0. The number of imidazole rings is 1. The molecule has 26 heavy (non-hydrogen) atoms. The Morgan fingerprint density at radius 1 is 0.885 bits per heavy atom. The van der Waals surface area contributed by atoms with Crippen LogP contribution in [0.2, 0.25) is 0 Å². The van der Waals surface area contributed by atoms with Crippen LogP contribution in [0.25, 0.3) is 27.6 Å². The van der Waals surface area contributed by atoms with Crippen LogP contribution in [0.4, 0.5) is 0 Å². The van der Waals surface area contributed by atoms with Crippen LogP contribution in [0, 0.1) is 6.92 Å². The molecule has 0 aliphatic heterocycles. The van der Waals surface area contributed by atoms with E-state index in [2.05, 4.69) is 50.7 Å². The Kier molecular flexibility index (Phi) is 3.38. The molecular weight excluding hydrogens is 322 g/mol. The van der Waals surface area contributed by atoms with Crippen molar-refractivity contribution in [2.75, 3.05) is 0 Å². The Hall–Kier alpha value is -3.34. The number of pyridine rings is 4. The number of hydrogen-bond donors (Lipinski definition) is 0. The van der Waals surface area contributed by atoms with Crippen molar-refractivity contribution >= 4 is 27.6 Å². The van der Waals surface area contributed by atoms with Gasteiger partial charge in [0.2, 0.25) is 0 Å². The number of fused-ring (bicyclic) bond motifs is 4. The van der Waals surface area contributed by atoms with Crippen molar-refractivity contribution in [3.05, 3.63) is 78.1 Å². The summed E-state index contributed by atoms with van der Waals surface area (Å²) < 4.78 is 2.15. The second-order valence-corrected chi connectivity index (χ2v) is 6.44. The fourth-order valence-corrected chi connectivity index (χ4v) is 3.43. The zero-order chi connectivity index (χ0) is 17.5. The summed E-state index contributed by atoms with van der Waals surface area (Å²) in [6.07, 6.45) is 7.34. The molecule has 0 aromatic carbocycles. The number of nitrogens with zero attached hydrogens (tertiary/aromatic N) is 5. The molecule has 0 aliphatic rings. The molecule has 0 saturated heterocycles. The first-order valence-electron chi connectivity index (χ1n) is 8.71. The molecule has 0 spiro atoms. The van der Waals surface area contributed by atoms with Crippen LogP contribution in [-0.4, -0.2) is 24.3 Å². The van der Waals surface area contributed by atoms with Crippen LogP contribution in [0.3, 0.4) is 0 Å². The minimum atomic E-state index is 0.800. The third-order valence-electron chi connectivity index (χ3n) is 4.85. The molecule has 5 nitrogen and oxygen atoms in total. The molecule has 0 bridgehead atoms. The van der Waals surface area contributed by atoms with E-state index >= 15 is 0 Å². The molecule has 5 aromatic heterocycles. The highest BCUT2D eigenvalue weighted by Gasteiger charge is 2.11. The van der Waals surface area contributed by atoms with Crippen LogP contribution in [0.1, 0.15) is 17.1 Å².